The Hall–Kier alpha value is -1.94. The molecule has 0 spiro atoms. The predicted molar refractivity (Wildman–Crippen MR) is 57.8 cm³/mol. The van der Waals surface area contributed by atoms with Crippen LogP contribution < -0.4 is 10.6 Å². The van der Waals surface area contributed by atoms with Crippen molar-refractivity contribution in [3.8, 4) is 0 Å². The van der Waals surface area contributed by atoms with Gasteiger partial charge in [0.15, 0.2) is 0 Å². The van der Waals surface area contributed by atoms with Crippen LogP contribution in [0, 0.1) is 0 Å². The predicted octanol–water partition coefficient (Wildman–Crippen LogP) is 0.535. The molecule has 1 aromatic carbocycles. The van der Waals surface area contributed by atoms with Gasteiger partial charge in [-0.3, -0.25) is 9.79 Å². The van der Waals surface area contributed by atoms with Crippen molar-refractivity contribution in [1.82, 2.24) is 0 Å². The minimum atomic E-state index is -1.29. The molecule has 1 aliphatic rings. The molecule has 80 valence electrons. The molecule has 0 amide bonds. The Kier molecular flexibility index (Phi) is 2.36. The van der Waals surface area contributed by atoms with Gasteiger partial charge in [-0.05, 0) is 12.1 Å². The van der Waals surface area contributed by atoms with Gasteiger partial charge in [-0.2, -0.15) is 0 Å². The third-order valence-corrected chi connectivity index (χ3v) is 2.62. The van der Waals surface area contributed by atoms with Crippen molar-refractivity contribution in [3.63, 3.8) is 0 Å². The van der Waals surface area contributed by atoms with Crippen molar-refractivity contribution in [3.05, 3.63) is 45.1 Å². The third-order valence-electron chi connectivity index (χ3n) is 2.27. The fraction of sp³-hybridized carbons (Fsp3) is 0. The second-order valence-corrected chi connectivity index (χ2v) is 3.64. The zero-order chi connectivity index (χ0) is 11.9. The number of nitrogens with zero attached hydrogens (tertiary/aromatic N) is 1. The number of carbonyl (C=O) groups excluding carboxylic acids is 1. The average Bonchev–Trinajstić information content (AvgIpc) is 2.23. The van der Waals surface area contributed by atoms with E-state index in [4.69, 9.17) is 16.7 Å². The van der Waals surface area contributed by atoms with E-state index >= 15 is 0 Å². The van der Waals surface area contributed by atoms with Crippen molar-refractivity contribution in [2.45, 2.75) is 0 Å². The number of ketones is 1. The van der Waals surface area contributed by atoms with Crippen LogP contribution in [0.3, 0.4) is 0 Å². The molecule has 0 radical (unpaired) electrons. The molecule has 0 saturated heterocycles. The van der Waals surface area contributed by atoms with Crippen molar-refractivity contribution >= 4 is 29.9 Å². The van der Waals surface area contributed by atoms with Gasteiger partial charge in [0.2, 0.25) is 5.78 Å². The van der Waals surface area contributed by atoms with Gasteiger partial charge >= 0.3 is 5.97 Å². The highest BCUT2D eigenvalue weighted by Crippen LogP contribution is 2.10. The number of carboxylic acid groups (broad SMARTS) is 1. The van der Waals surface area contributed by atoms with E-state index in [0.717, 1.165) is 6.20 Å². The minimum Gasteiger partial charge on any atom is -0.477 e. The number of halogens is 1. The Morgan fingerprint density at radius 1 is 1.44 bits per heavy atom. The van der Waals surface area contributed by atoms with Crippen molar-refractivity contribution in [2.75, 3.05) is 0 Å². The van der Waals surface area contributed by atoms with Crippen molar-refractivity contribution in [1.29, 1.82) is 0 Å². The number of benzene rings is 1. The summed E-state index contributed by atoms with van der Waals surface area (Å²) >= 11 is 5.82. The molecule has 0 bridgehead atoms. The van der Waals surface area contributed by atoms with Gasteiger partial charge < -0.3 is 5.11 Å². The second kappa shape index (κ2) is 3.57. The quantitative estimate of drug-likeness (QED) is 0.723. The number of carbonyl (C=O) groups is 2. The van der Waals surface area contributed by atoms with Crippen LogP contribution in [0.5, 0.6) is 0 Å². The first-order chi connectivity index (χ1) is 7.52. The van der Waals surface area contributed by atoms with Crippen LogP contribution in [0.2, 0.25) is 5.02 Å². The Balaban J connectivity index is 2.80. The lowest BCUT2D eigenvalue weighted by Gasteiger charge is -2.07. The topological polar surface area (TPSA) is 66.7 Å². The van der Waals surface area contributed by atoms with E-state index in [0.29, 0.717) is 15.6 Å². The highest BCUT2D eigenvalue weighted by atomic mass is 35.5. The zero-order valence-electron chi connectivity index (χ0n) is 8.03. The molecule has 0 atom stereocenters. The molecular formula is C11H6ClNO3. The lowest BCUT2D eigenvalue weighted by Crippen LogP contribution is -2.34. The highest BCUT2D eigenvalue weighted by Gasteiger charge is 2.23. The van der Waals surface area contributed by atoms with Gasteiger partial charge in [-0.15, -0.1) is 0 Å². The first-order valence-corrected chi connectivity index (χ1v) is 4.73. The van der Waals surface area contributed by atoms with Gasteiger partial charge in [-0.1, -0.05) is 18.2 Å². The monoisotopic (exact) mass is 235 g/mol. The van der Waals surface area contributed by atoms with E-state index < -0.39 is 11.8 Å². The number of hydrogen-bond donors (Lipinski definition) is 1. The van der Waals surface area contributed by atoms with Gasteiger partial charge in [0, 0.05) is 22.0 Å². The first-order valence-electron chi connectivity index (χ1n) is 4.36. The van der Waals surface area contributed by atoms with Crippen LogP contribution in [0.25, 0.3) is 6.58 Å². The fourth-order valence-electron chi connectivity index (χ4n) is 1.43. The number of carboxylic acids is 1. The summed E-state index contributed by atoms with van der Waals surface area (Å²) in [5.41, 5.74) is -0.136. The number of fused-ring (bicyclic) bond motifs is 1. The smallest absolute Gasteiger partial charge is 0.341 e. The van der Waals surface area contributed by atoms with E-state index in [1.807, 2.05) is 0 Å². The molecule has 1 N–H and O–H groups in total. The number of aliphatic carboxylic acids is 1. The summed E-state index contributed by atoms with van der Waals surface area (Å²) in [5, 5.41) is 9.92. The summed E-state index contributed by atoms with van der Waals surface area (Å²) < 4.78 is 0. The number of hydrogen-bond acceptors (Lipinski definition) is 3. The largest absolute Gasteiger partial charge is 0.477 e. The summed E-state index contributed by atoms with van der Waals surface area (Å²) in [6, 6.07) is 2.95. The molecule has 1 aliphatic heterocycles. The standard InChI is InChI=1S/C11H6ClNO3/c1-5-8(12)3-2-6-9(5)13-4-7(10(6)14)11(15)16/h2-4H,1H2,(H,15,16). The average molecular weight is 236 g/mol. The fourth-order valence-corrected chi connectivity index (χ4v) is 1.58. The molecule has 1 heterocycles. The normalized spacial score (nSPS) is 13.8. The van der Waals surface area contributed by atoms with Gasteiger partial charge in [0.1, 0.15) is 5.57 Å². The second-order valence-electron chi connectivity index (χ2n) is 3.23. The third kappa shape index (κ3) is 1.44. The van der Waals surface area contributed by atoms with Crippen molar-refractivity contribution in [2.24, 2.45) is 4.99 Å². The molecule has 4 nitrogen and oxygen atoms in total. The Labute approximate surface area is 95.2 Å². The van der Waals surface area contributed by atoms with E-state index in [1.54, 1.807) is 0 Å². The van der Waals surface area contributed by atoms with E-state index in [-0.39, 0.29) is 11.1 Å². The van der Waals surface area contributed by atoms with Crippen molar-refractivity contribution < 1.29 is 14.7 Å². The molecular weight excluding hydrogens is 230 g/mol. The van der Waals surface area contributed by atoms with Gasteiger partial charge in [0.05, 0.1) is 5.36 Å². The molecule has 1 aromatic rings. The minimum absolute atomic E-state index is 0.217. The number of Topliss-reactive ketones (excluding diaryl/α,β-unsaturated/α-hetero) is 1. The van der Waals surface area contributed by atoms with Crippen LogP contribution in [0.15, 0.2) is 28.9 Å². The molecule has 0 saturated carbocycles. The van der Waals surface area contributed by atoms with E-state index in [2.05, 4.69) is 11.6 Å². The Morgan fingerprint density at radius 2 is 2.12 bits per heavy atom. The van der Waals surface area contributed by atoms with E-state index in [9.17, 15) is 9.59 Å². The van der Waals surface area contributed by atoms with Crippen LogP contribution in [0.4, 0.5) is 0 Å². The molecule has 2 rings (SSSR count). The van der Waals surface area contributed by atoms with Crippen LogP contribution >= 0.6 is 11.6 Å². The van der Waals surface area contributed by atoms with Crippen LogP contribution in [-0.2, 0) is 4.79 Å². The number of rotatable bonds is 1. The summed E-state index contributed by atoms with van der Waals surface area (Å²) in [6.07, 6.45) is 1.03. The Morgan fingerprint density at radius 3 is 2.75 bits per heavy atom. The molecule has 0 unspecified atom stereocenters. The molecule has 0 aromatic heterocycles. The summed E-state index contributed by atoms with van der Waals surface area (Å²) in [4.78, 5) is 26.4. The maximum atomic E-state index is 11.7. The van der Waals surface area contributed by atoms with Gasteiger partial charge in [-0.25, -0.2) is 4.79 Å². The summed E-state index contributed by atoms with van der Waals surface area (Å²) in [5.74, 6) is -1.86. The lowest BCUT2D eigenvalue weighted by atomic mass is 10.0. The summed E-state index contributed by atoms with van der Waals surface area (Å²) in [7, 11) is 0. The molecule has 0 aliphatic carbocycles. The molecule has 0 fully saturated rings. The molecule has 5 heteroatoms. The van der Waals surface area contributed by atoms with Crippen LogP contribution in [0.1, 0.15) is 10.4 Å². The zero-order valence-corrected chi connectivity index (χ0v) is 8.78. The molecule has 16 heavy (non-hydrogen) atoms. The maximum absolute atomic E-state index is 11.7. The SMILES string of the molecule is C=c1c(Cl)ccc2c1=NC=C(C(=O)O)C2=O. The lowest BCUT2D eigenvalue weighted by molar-refractivity contribution is -0.132. The van der Waals surface area contributed by atoms with E-state index in [1.165, 1.54) is 12.1 Å². The first kappa shape index (κ1) is 10.6. The van der Waals surface area contributed by atoms with Gasteiger partial charge in [0.25, 0.3) is 0 Å². The Bertz CT molecular complexity index is 646. The van der Waals surface area contributed by atoms with Crippen LogP contribution in [-0.4, -0.2) is 16.9 Å². The maximum Gasteiger partial charge on any atom is 0.341 e. The summed E-state index contributed by atoms with van der Waals surface area (Å²) in [6.45, 7) is 3.68. The highest BCUT2D eigenvalue weighted by molar-refractivity contribution is 6.31.